The Hall–Kier alpha value is -4.63. The van der Waals surface area contributed by atoms with Crippen molar-refractivity contribution in [3.63, 3.8) is 0 Å². The lowest BCUT2D eigenvalue weighted by Crippen LogP contribution is -2.45. The Bertz CT molecular complexity index is 1750. The number of imidazole rings is 1. The SMILES string of the molecule is C=CC(=O)N1CCCC1Cn1c(NC(=O)c2ccc(Cl)cc2)nc2cc(CN(C(=O)OCc3ccccc3)[C@@H](C)C(C)(C)C)ccc21. The van der Waals surface area contributed by atoms with E-state index in [0.29, 0.717) is 41.7 Å². The lowest BCUT2D eigenvalue weighted by Gasteiger charge is -2.37. The van der Waals surface area contributed by atoms with Crippen LogP contribution in [0.3, 0.4) is 0 Å². The van der Waals surface area contributed by atoms with Crippen LogP contribution in [-0.4, -0.2) is 55.9 Å². The number of hydrogen-bond donors (Lipinski definition) is 1. The third-order valence-corrected chi connectivity index (χ3v) is 9.14. The van der Waals surface area contributed by atoms with Crippen LogP contribution >= 0.6 is 11.6 Å². The maximum absolute atomic E-state index is 13.5. The van der Waals surface area contributed by atoms with Gasteiger partial charge in [0.25, 0.3) is 5.91 Å². The largest absolute Gasteiger partial charge is 0.445 e. The van der Waals surface area contributed by atoms with Crippen molar-refractivity contribution in [3.05, 3.63) is 107 Å². The summed E-state index contributed by atoms with van der Waals surface area (Å²) in [5.74, 6) is -0.0643. The van der Waals surface area contributed by atoms with E-state index in [4.69, 9.17) is 21.3 Å². The zero-order chi connectivity index (χ0) is 33.7. The van der Waals surface area contributed by atoms with Gasteiger partial charge in [0.1, 0.15) is 6.61 Å². The summed E-state index contributed by atoms with van der Waals surface area (Å²) in [7, 11) is 0. The molecule has 0 aliphatic carbocycles. The first kappa shape index (κ1) is 33.7. The molecule has 10 heteroatoms. The number of ether oxygens (including phenoxy) is 1. The van der Waals surface area contributed by atoms with Gasteiger partial charge in [0.15, 0.2) is 0 Å². The quantitative estimate of drug-likeness (QED) is 0.177. The zero-order valence-electron chi connectivity index (χ0n) is 27.4. The van der Waals surface area contributed by atoms with Crippen molar-refractivity contribution in [1.82, 2.24) is 19.4 Å². The van der Waals surface area contributed by atoms with Crippen molar-refractivity contribution in [2.24, 2.45) is 5.41 Å². The summed E-state index contributed by atoms with van der Waals surface area (Å²) in [4.78, 5) is 47.8. The Kier molecular flexibility index (Phi) is 10.3. The minimum absolute atomic E-state index is 0.0775. The van der Waals surface area contributed by atoms with Crippen molar-refractivity contribution >= 4 is 46.5 Å². The summed E-state index contributed by atoms with van der Waals surface area (Å²) in [5, 5.41) is 3.51. The van der Waals surface area contributed by atoms with E-state index in [1.807, 2.05) is 64.9 Å². The van der Waals surface area contributed by atoms with Gasteiger partial charge in [0.05, 0.1) is 17.1 Å². The van der Waals surface area contributed by atoms with E-state index in [1.54, 1.807) is 29.2 Å². The third-order valence-electron chi connectivity index (χ3n) is 8.89. The minimum Gasteiger partial charge on any atom is -0.445 e. The maximum atomic E-state index is 13.5. The van der Waals surface area contributed by atoms with Crippen LogP contribution in [-0.2, 0) is 29.2 Å². The fraction of sp³-hybridized carbons (Fsp3) is 0.351. The highest BCUT2D eigenvalue weighted by Gasteiger charge is 2.32. The summed E-state index contributed by atoms with van der Waals surface area (Å²) in [6.45, 7) is 13.6. The second kappa shape index (κ2) is 14.4. The van der Waals surface area contributed by atoms with E-state index in [9.17, 15) is 14.4 Å². The second-order valence-corrected chi connectivity index (χ2v) is 13.5. The maximum Gasteiger partial charge on any atom is 0.410 e. The van der Waals surface area contributed by atoms with Gasteiger partial charge in [-0.05, 0) is 78.8 Å². The highest BCUT2D eigenvalue weighted by atomic mass is 35.5. The predicted molar refractivity (Wildman–Crippen MR) is 185 cm³/mol. The van der Waals surface area contributed by atoms with Gasteiger partial charge >= 0.3 is 6.09 Å². The standard InChI is InChI=1S/C37H42ClN5O4/c1-6-33(44)41-20-10-13-30(41)23-43-32-19-14-27(21-31(32)39-35(43)40-34(45)28-15-17-29(38)18-16-28)22-42(25(2)37(3,4)5)36(46)47-24-26-11-8-7-9-12-26/h6-9,11-12,14-19,21,25,30H,1,10,13,20,22-24H2,2-5H3,(H,39,40,45)/t25-,30?/m0/s1. The molecule has 5 rings (SSSR count). The summed E-state index contributed by atoms with van der Waals surface area (Å²) < 4.78 is 7.72. The summed E-state index contributed by atoms with van der Waals surface area (Å²) in [6, 6.07) is 21.9. The van der Waals surface area contributed by atoms with Crippen molar-refractivity contribution in [2.75, 3.05) is 11.9 Å². The van der Waals surface area contributed by atoms with Crippen LogP contribution < -0.4 is 5.32 Å². The van der Waals surface area contributed by atoms with Gasteiger partial charge in [-0.25, -0.2) is 9.78 Å². The fourth-order valence-corrected chi connectivity index (χ4v) is 5.92. The molecule has 3 amide bonds. The lowest BCUT2D eigenvalue weighted by molar-refractivity contribution is -0.126. The van der Waals surface area contributed by atoms with Gasteiger partial charge in [-0.1, -0.05) is 75.3 Å². The number of hydrogen-bond acceptors (Lipinski definition) is 5. The Morgan fingerprint density at radius 2 is 1.81 bits per heavy atom. The minimum atomic E-state index is -0.397. The number of likely N-dealkylation sites (tertiary alicyclic amines) is 1. The molecule has 1 unspecified atom stereocenters. The van der Waals surface area contributed by atoms with E-state index in [-0.39, 0.29) is 35.9 Å². The molecule has 4 aromatic rings. The average molecular weight is 656 g/mol. The van der Waals surface area contributed by atoms with Crippen molar-refractivity contribution < 1.29 is 19.1 Å². The number of nitrogens with zero attached hydrogens (tertiary/aromatic N) is 4. The molecule has 0 spiro atoms. The highest BCUT2D eigenvalue weighted by molar-refractivity contribution is 6.30. The van der Waals surface area contributed by atoms with Crippen molar-refractivity contribution in [1.29, 1.82) is 0 Å². The Balaban J connectivity index is 1.46. The lowest BCUT2D eigenvalue weighted by atomic mass is 9.87. The number of nitrogens with one attached hydrogen (secondary N) is 1. The molecular weight excluding hydrogens is 614 g/mol. The molecule has 246 valence electrons. The van der Waals surface area contributed by atoms with Crippen LogP contribution in [0, 0.1) is 5.41 Å². The van der Waals surface area contributed by atoms with E-state index in [2.05, 4.69) is 32.7 Å². The van der Waals surface area contributed by atoms with Crippen molar-refractivity contribution in [3.8, 4) is 0 Å². The number of benzene rings is 3. The summed E-state index contributed by atoms with van der Waals surface area (Å²) in [5.41, 5.74) is 3.50. The first-order valence-electron chi connectivity index (χ1n) is 15.9. The Morgan fingerprint density at radius 1 is 1.09 bits per heavy atom. The molecule has 1 saturated heterocycles. The predicted octanol–water partition coefficient (Wildman–Crippen LogP) is 7.69. The molecule has 2 heterocycles. The normalized spacial score (nSPS) is 15.3. The van der Waals surface area contributed by atoms with Gasteiger partial charge in [-0.3, -0.25) is 14.9 Å². The van der Waals surface area contributed by atoms with Gasteiger partial charge < -0.3 is 19.1 Å². The molecule has 9 nitrogen and oxygen atoms in total. The topological polar surface area (TPSA) is 96.8 Å². The number of aromatic nitrogens is 2. The van der Waals surface area contributed by atoms with E-state index in [0.717, 1.165) is 29.5 Å². The van der Waals surface area contributed by atoms with Crippen LogP contribution in [0.5, 0.6) is 0 Å². The van der Waals surface area contributed by atoms with Gasteiger partial charge in [0.2, 0.25) is 11.9 Å². The molecule has 1 aromatic heterocycles. The summed E-state index contributed by atoms with van der Waals surface area (Å²) in [6.07, 6.45) is 2.66. The van der Waals surface area contributed by atoms with Gasteiger partial charge in [0, 0.05) is 36.3 Å². The smallest absolute Gasteiger partial charge is 0.410 e. The second-order valence-electron chi connectivity index (χ2n) is 13.1. The van der Waals surface area contributed by atoms with Crippen LogP contribution in [0.4, 0.5) is 10.7 Å². The molecule has 1 aliphatic rings. The monoisotopic (exact) mass is 655 g/mol. The number of fused-ring (bicyclic) bond motifs is 1. The Labute approximate surface area is 281 Å². The molecule has 1 fully saturated rings. The molecule has 0 bridgehead atoms. The van der Waals surface area contributed by atoms with E-state index >= 15 is 0 Å². The van der Waals surface area contributed by atoms with Gasteiger partial charge in [-0.2, -0.15) is 0 Å². The number of carbonyl (C=O) groups is 3. The number of rotatable bonds is 10. The van der Waals surface area contributed by atoms with E-state index in [1.165, 1.54) is 6.08 Å². The molecule has 1 N–H and O–H groups in total. The molecule has 3 aromatic carbocycles. The first-order valence-corrected chi connectivity index (χ1v) is 16.3. The molecule has 0 saturated carbocycles. The van der Waals surface area contributed by atoms with E-state index < -0.39 is 6.09 Å². The average Bonchev–Trinajstić information content (AvgIpc) is 3.66. The molecule has 0 radical (unpaired) electrons. The Morgan fingerprint density at radius 3 is 2.49 bits per heavy atom. The number of halogens is 1. The fourth-order valence-electron chi connectivity index (χ4n) is 5.80. The zero-order valence-corrected chi connectivity index (χ0v) is 28.2. The van der Waals surface area contributed by atoms with Crippen LogP contribution in [0.25, 0.3) is 11.0 Å². The number of carbonyl (C=O) groups excluding carboxylic acids is 3. The van der Waals surface area contributed by atoms with Crippen molar-refractivity contribution in [2.45, 2.75) is 72.3 Å². The van der Waals surface area contributed by atoms with Gasteiger partial charge in [-0.15, -0.1) is 0 Å². The first-order chi connectivity index (χ1) is 22.4. The third kappa shape index (κ3) is 8.03. The summed E-state index contributed by atoms with van der Waals surface area (Å²) >= 11 is 6.04. The van der Waals surface area contributed by atoms with Crippen LogP contribution in [0.1, 0.15) is 62.0 Å². The number of amides is 3. The molecular formula is C37H42ClN5O4. The van der Waals surface area contributed by atoms with Crippen LogP contribution in [0.2, 0.25) is 5.02 Å². The number of anilines is 1. The molecule has 2 atom stereocenters. The highest BCUT2D eigenvalue weighted by Crippen LogP contribution is 2.30. The van der Waals surface area contributed by atoms with Crippen LogP contribution in [0.15, 0.2) is 85.5 Å². The molecule has 47 heavy (non-hydrogen) atoms. The molecule has 1 aliphatic heterocycles.